The van der Waals surface area contributed by atoms with Gasteiger partial charge in [0.05, 0.1) is 11.6 Å². The molecule has 1 aromatic carbocycles. The van der Waals surface area contributed by atoms with Crippen LogP contribution in [0.5, 0.6) is 0 Å². The fourth-order valence-electron chi connectivity index (χ4n) is 0.930. The number of carbonyl (C=O) groups is 1. The Morgan fingerprint density at radius 3 is 2.77 bits per heavy atom. The molecule has 1 aromatic rings. The second-order valence-electron chi connectivity index (χ2n) is 2.52. The van der Waals surface area contributed by atoms with E-state index in [1.165, 1.54) is 13.0 Å². The zero-order chi connectivity index (χ0) is 9.84. The SMILES string of the molecule is CC(=O)Nc1cc(F)cc(C#N)c1. The van der Waals surface area contributed by atoms with E-state index in [9.17, 15) is 9.18 Å². The summed E-state index contributed by atoms with van der Waals surface area (Å²) in [5, 5.41) is 10.9. The Labute approximate surface area is 74.8 Å². The highest BCUT2D eigenvalue weighted by Gasteiger charge is 2.00. The van der Waals surface area contributed by atoms with Crippen LogP contribution in [0.4, 0.5) is 10.1 Å². The van der Waals surface area contributed by atoms with E-state index in [0.29, 0.717) is 5.69 Å². The molecule has 0 radical (unpaired) electrons. The topological polar surface area (TPSA) is 52.9 Å². The molecule has 0 saturated carbocycles. The molecular formula is C9H7FN2O. The fraction of sp³-hybridized carbons (Fsp3) is 0.111. The van der Waals surface area contributed by atoms with Gasteiger partial charge < -0.3 is 5.32 Å². The third-order valence-electron chi connectivity index (χ3n) is 1.35. The summed E-state index contributed by atoms with van der Waals surface area (Å²) in [4.78, 5) is 10.6. The monoisotopic (exact) mass is 178 g/mol. The van der Waals surface area contributed by atoms with Gasteiger partial charge in [-0.1, -0.05) is 0 Å². The standard InChI is InChI=1S/C9H7FN2O/c1-6(13)12-9-3-7(5-11)2-8(10)4-9/h2-4H,1H3,(H,12,13). The molecule has 0 aromatic heterocycles. The summed E-state index contributed by atoms with van der Waals surface area (Å²) in [6.45, 7) is 1.32. The second kappa shape index (κ2) is 3.68. The highest BCUT2D eigenvalue weighted by Crippen LogP contribution is 2.12. The van der Waals surface area contributed by atoms with Gasteiger partial charge in [0.15, 0.2) is 0 Å². The molecule has 0 atom stereocenters. The number of halogens is 1. The molecule has 0 heterocycles. The van der Waals surface area contributed by atoms with Crippen LogP contribution in [0.25, 0.3) is 0 Å². The lowest BCUT2D eigenvalue weighted by molar-refractivity contribution is -0.114. The van der Waals surface area contributed by atoms with Gasteiger partial charge >= 0.3 is 0 Å². The van der Waals surface area contributed by atoms with Crippen LogP contribution in [0.3, 0.4) is 0 Å². The molecule has 0 spiro atoms. The third kappa shape index (κ3) is 2.56. The molecule has 0 fully saturated rings. The Hall–Kier alpha value is -1.89. The second-order valence-corrected chi connectivity index (χ2v) is 2.52. The number of rotatable bonds is 1. The third-order valence-corrected chi connectivity index (χ3v) is 1.35. The maximum absolute atomic E-state index is 12.8. The van der Waals surface area contributed by atoms with Crippen molar-refractivity contribution in [3.63, 3.8) is 0 Å². The molecule has 3 nitrogen and oxygen atoms in total. The van der Waals surface area contributed by atoms with Gasteiger partial charge in [-0.3, -0.25) is 4.79 Å². The quantitative estimate of drug-likeness (QED) is 0.710. The molecule has 0 aliphatic carbocycles. The Kier molecular flexibility index (Phi) is 2.60. The number of anilines is 1. The summed E-state index contributed by atoms with van der Waals surface area (Å²) in [7, 11) is 0. The van der Waals surface area contributed by atoms with E-state index >= 15 is 0 Å². The molecule has 0 saturated heterocycles. The molecule has 4 heteroatoms. The maximum atomic E-state index is 12.8. The van der Waals surface area contributed by atoms with Crippen molar-refractivity contribution in [2.75, 3.05) is 5.32 Å². The fourth-order valence-corrected chi connectivity index (χ4v) is 0.930. The van der Waals surface area contributed by atoms with Crippen LogP contribution in [-0.2, 0) is 4.79 Å². The molecule has 1 rings (SSSR count). The first-order chi connectivity index (χ1) is 6.11. The Morgan fingerprint density at radius 1 is 1.54 bits per heavy atom. The zero-order valence-electron chi connectivity index (χ0n) is 6.97. The van der Waals surface area contributed by atoms with Crippen LogP contribution < -0.4 is 5.32 Å². The van der Waals surface area contributed by atoms with Crippen molar-refractivity contribution in [3.05, 3.63) is 29.6 Å². The molecule has 13 heavy (non-hydrogen) atoms. The van der Waals surface area contributed by atoms with E-state index in [0.717, 1.165) is 12.1 Å². The smallest absolute Gasteiger partial charge is 0.221 e. The van der Waals surface area contributed by atoms with Crippen molar-refractivity contribution in [1.82, 2.24) is 0 Å². The van der Waals surface area contributed by atoms with E-state index in [2.05, 4.69) is 5.32 Å². The molecule has 0 bridgehead atoms. The number of nitrogens with one attached hydrogen (secondary N) is 1. The van der Waals surface area contributed by atoms with Crippen LogP contribution in [-0.4, -0.2) is 5.91 Å². The van der Waals surface area contributed by atoms with Crippen LogP contribution in [0.2, 0.25) is 0 Å². The maximum Gasteiger partial charge on any atom is 0.221 e. The Morgan fingerprint density at radius 2 is 2.23 bits per heavy atom. The minimum absolute atomic E-state index is 0.184. The molecule has 1 amide bonds. The lowest BCUT2D eigenvalue weighted by Crippen LogP contribution is -2.06. The van der Waals surface area contributed by atoms with Crippen molar-refractivity contribution in [1.29, 1.82) is 5.26 Å². The van der Waals surface area contributed by atoms with Gasteiger partial charge in [0, 0.05) is 12.6 Å². The first-order valence-corrected chi connectivity index (χ1v) is 3.60. The minimum atomic E-state index is -0.539. The van der Waals surface area contributed by atoms with E-state index in [4.69, 9.17) is 5.26 Å². The summed E-state index contributed by atoms with van der Waals surface area (Å²) < 4.78 is 12.8. The number of carbonyl (C=O) groups excluding carboxylic acids is 1. The van der Waals surface area contributed by atoms with Crippen molar-refractivity contribution in [3.8, 4) is 6.07 Å². The minimum Gasteiger partial charge on any atom is -0.326 e. The Balaban J connectivity index is 3.03. The normalized spacial score (nSPS) is 9.00. The van der Waals surface area contributed by atoms with Crippen LogP contribution in [0, 0.1) is 17.1 Å². The van der Waals surface area contributed by atoms with Crippen molar-refractivity contribution in [2.45, 2.75) is 6.92 Å². The molecule has 1 N–H and O–H groups in total. The lowest BCUT2D eigenvalue weighted by atomic mass is 10.2. The highest BCUT2D eigenvalue weighted by molar-refractivity contribution is 5.88. The molecule has 0 aliphatic heterocycles. The summed E-state index contributed by atoms with van der Waals surface area (Å²) in [6.07, 6.45) is 0. The van der Waals surface area contributed by atoms with Gasteiger partial charge in [-0.15, -0.1) is 0 Å². The van der Waals surface area contributed by atoms with Gasteiger partial charge in [-0.05, 0) is 18.2 Å². The largest absolute Gasteiger partial charge is 0.326 e. The molecule has 66 valence electrons. The van der Waals surface area contributed by atoms with E-state index in [1.54, 1.807) is 6.07 Å². The molecule has 0 unspecified atom stereocenters. The van der Waals surface area contributed by atoms with Gasteiger partial charge in [0.2, 0.25) is 5.91 Å². The van der Waals surface area contributed by atoms with Gasteiger partial charge in [0.1, 0.15) is 5.82 Å². The van der Waals surface area contributed by atoms with E-state index in [1.807, 2.05) is 0 Å². The van der Waals surface area contributed by atoms with Crippen LogP contribution in [0.15, 0.2) is 18.2 Å². The highest BCUT2D eigenvalue weighted by atomic mass is 19.1. The summed E-state index contributed by atoms with van der Waals surface area (Å²) in [5.41, 5.74) is 0.479. The van der Waals surface area contributed by atoms with E-state index < -0.39 is 5.82 Å². The van der Waals surface area contributed by atoms with Crippen LogP contribution >= 0.6 is 0 Å². The first-order valence-electron chi connectivity index (χ1n) is 3.60. The number of hydrogen-bond acceptors (Lipinski definition) is 2. The molecular weight excluding hydrogens is 171 g/mol. The van der Waals surface area contributed by atoms with Gasteiger partial charge in [-0.2, -0.15) is 5.26 Å². The van der Waals surface area contributed by atoms with Crippen molar-refractivity contribution in [2.24, 2.45) is 0 Å². The Bertz CT molecular complexity index is 382. The number of hydrogen-bond donors (Lipinski definition) is 1. The summed E-state index contributed by atoms with van der Waals surface area (Å²) >= 11 is 0. The number of amides is 1. The van der Waals surface area contributed by atoms with Crippen LogP contribution in [0.1, 0.15) is 12.5 Å². The average Bonchev–Trinajstić information content (AvgIpc) is 2.01. The predicted octanol–water partition coefficient (Wildman–Crippen LogP) is 1.66. The summed E-state index contributed by atoms with van der Waals surface area (Å²) in [6, 6.07) is 5.45. The first kappa shape index (κ1) is 9.20. The van der Waals surface area contributed by atoms with Crippen molar-refractivity contribution >= 4 is 11.6 Å². The van der Waals surface area contributed by atoms with Crippen molar-refractivity contribution < 1.29 is 9.18 Å². The average molecular weight is 178 g/mol. The molecule has 0 aliphatic rings. The number of benzene rings is 1. The predicted molar refractivity (Wildman–Crippen MR) is 45.4 cm³/mol. The van der Waals surface area contributed by atoms with Gasteiger partial charge in [0.25, 0.3) is 0 Å². The van der Waals surface area contributed by atoms with Gasteiger partial charge in [-0.25, -0.2) is 4.39 Å². The number of nitriles is 1. The van der Waals surface area contributed by atoms with E-state index in [-0.39, 0.29) is 11.5 Å². The summed E-state index contributed by atoms with van der Waals surface area (Å²) in [5.74, 6) is -0.836. The number of nitrogens with zero attached hydrogens (tertiary/aromatic N) is 1. The lowest BCUT2D eigenvalue weighted by Gasteiger charge is -2.01. The zero-order valence-corrected chi connectivity index (χ0v) is 6.97.